The van der Waals surface area contributed by atoms with Gasteiger partial charge in [0.1, 0.15) is 5.82 Å². The van der Waals surface area contributed by atoms with Crippen molar-refractivity contribution in [2.75, 3.05) is 6.54 Å². The summed E-state index contributed by atoms with van der Waals surface area (Å²) in [5.41, 5.74) is 2.69. The molecule has 0 radical (unpaired) electrons. The first-order valence-electron chi connectivity index (χ1n) is 6.02. The molecule has 1 heterocycles. The zero-order valence-electron chi connectivity index (χ0n) is 9.87. The number of allylic oxidation sites excluding steroid dienone is 1. The molecule has 0 fully saturated rings. The predicted octanol–water partition coefficient (Wildman–Crippen LogP) is 2.38. The average molecular weight is 217 g/mol. The lowest BCUT2D eigenvalue weighted by atomic mass is 10.2. The van der Waals surface area contributed by atoms with E-state index in [1.54, 1.807) is 5.57 Å². The fraction of sp³-hybridized carbons (Fsp3) is 0.538. The molecule has 1 aromatic heterocycles. The Bertz CT molecular complexity index is 371. The van der Waals surface area contributed by atoms with Gasteiger partial charge in [0, 0.05) is 12.7 Å². The Hall–Kier alpha value is -1.22. The molecule has 0 bridgehead atoms. The van der Waals surface area contributed by atoms with Crippen LogP contribution in [0.15, 0.2) is 23.9 Å². The number of rotatable bonds is 5. The lowest BCUT2D eigenvalue weighted by Gasteiger charge is -2.05. The lowest BCUT2D eigenvalue weighted by molar-refractivity contribution is 0.661. The second-order valence-corrected chi connectivity index (χ2v) is 4.28. The summed E-state index contributed by atoms with van der Waals surface area (Å²) >= 11 is 0. The molecule has 0 atom stereocenters. The lowest BCUT2D eigenvalue weighted by Crippen LogP contribution is -2.16. The van der Waals surface area contributed by atoms with Gasteiger partial charge in [-0.1, -0.05) is 11.6 Å². The van der Waals surface area contributed by atoms with Gasteiger partial charge in [0.2, 0.25) is 0 Å². The largest absolute Gasteiger partial charge is 0.311 e. The van der Waals surface area contributed by atoms with E-state index in [4.69, 9.17) is 0 Å². The molecule has 1 aromatic rings. The van der Waals surface area contributed by atoms with Gasteiger partial charge in [-0.15, -0.1) is 0 Å². The maximum Gasteiger partial charge on any atom is 0.125 e. The van der Waals surface area contributed by atoms with Crippen LogP contribution in [0.4, 0.5) is 0 Å². The van der Waals surface area contributed by atoms with E-state index in [1.165, 1.54) is 25.7 Å². The number of nitrogens with zero attached hydrogens (tertiary/aromatic N) is 2. The van der Waals surface area contributed by atoms with Crippen LogP contribution < -0.4 is 5.32 Å². The van der Waals surface area contributed by atoms with Gasteiger partial charge < -0.3 is 5.32 Å². The van der Waals surface area contributed by atoms with Crippen molar-refractivity contribution in [2.24, 2.45) is 0 Å². The first kappa shape index (κ1) is 11.3. The molecule has 0 unspecified atom stereocenters. The maximum atomic E-state index is 4.35. The summed E-state index contributed by atoms with van der Waals surface area (Å²) < 4.78 is 0. The molecule has 0 aliphatic heterocycles. The third-order valence-electron chi connectivity index (χ3n) is 2.90. The van der Waals surface area contributed by atoms with Crippen molar-refractivity contribution >= 4 is 0 Å². The molecule has 0 saturated heterocycles. The molecule has 0 spiro atoms. The monoisotopic (exact) mass is 217 g/mol. The van der Waals surface area contributed by atoms with Crippen LogP contribution in [0.1, 0.15) is 37.2 Å². The summed E-state index contributed by atoms with van der Waals surface area (Å²) in [5.74, 6) is 0.845. The van der Waals surface area contributed by atoms with Crippen molar-refractivity contribution in [3.8, 4) is 0 Å². The molecular formula is C13H19N3. The highest BCUT2D eigenvalue weighted by Gasteiger charge is 2.03. The highest BCUT2D eigenvalue weighted by atomic mass is 14.9. The van der Waals surface area contributed by atoms with Gasteiger partial charge in [0.05, 0.1) is 5.69 Å². The minimum Gasteiger partial charge on any atom is -0.311 e. The summed E-state index contributed by atoms with van der Waals surface area (Å²) in [5, 5.41) is 3.42. The number of aryl methyl sites for hydroxylation is 1. The second kappa shape index (κ2) is 5.75. The molecule has 2 rings (SSSR count). The highest BCUT2D eigenvalue weighted by Crippen LogP contribution is 2.19. The third kappa shape index (κ3) is 3.42. The van der Waals surface area contributed by atoms with Gasteiger partial charge in [-0.05, 0) is 45.2 Å². The van der Waals surface area contributed by atoms with Crippen LogP contribution in [-0.4, -0.2) is 16.5 Å². The molecule has 3 heteroatoms. The molecule has 86 valence electrons. The summed E-state index contributed by atoms with van der Waals surface area (Å²) in [6.45, 7) is 3.82. The quantitative estimate of drug-likeness (QED) is 0.608. The molecule has 0 saturated carbocycles. The molecule has 1 aliphatic carbocycles. The summed E-state index contributed by atoms with van der Waals surface area (Å²) in [4.78, 5) is 8.44. The Kier molecular flexibility index (Phi) is 4.05. The minimum atomic E-state index is 0.844. The molecule has 16 heavy (non-hydrogen) atoms. The van der Waals surface area contributed by atoms with Crippen LogP contribution >= 0.6 is 0 Å². The van der Waals surface area contributed by atoms with Crippen molar-refractivity contribution in [1.82, 2.24) is 15.3 Å². The van der Waals surface area contributed by atoms with Crippen molar-refractivity contribution in [1.29, 1.82) is 0 Å². The number of aromatic nitrogens is 2. The van der Waals surface area contributed by atoms with Gasteiger partial charge in [0.25, 0.3) is 0 Å². The van der Waals surface area contributed by atoms with Gasteiger partial charge in [0.15, 0.2) is 0 Å². The molecule has 1 N–H and O–H groups in total. The topological polar surface area (TPSA) is 37.8 Å². The number of hydrogen-bond acceptors (Lipinski definition) is 3. The van der Waals surface area contributed by atoms with E-state index in [-0.39, 0.29) is 0 Å². The first-order valence-corrected chi connectivity index (χ1v) is 6.02. The fourth-order valence-electron chi connectivity index (χ4n) is 2.03. The van der Waals surface area contributed by atoms with E-state index in [0.717, 1.165) is 24.6 Å². The van der Waals surface area contributed by atoms with Crippen LogP contribution in [0.25, 0.3) is 0 Å². The normalized spacial score (nSPS) is 15.2. The van der Waals surface area contributed by atoms with Crippen LogP contribution in [0, 0.1) is 6.92 Å². The van der Waals surface area contributed by atoms with Gasteiger partial charge in [-0.2, -0.15) is 0 Å². The van der Waals surface area contributed by atoms with Gasteiger partial charge >= 0.3 is 0 Å². The third-order valence-corrected chi connectivity index (χ3v) is 2.90. The Labute approximate surface area is 97.0 Å². The molecule has 0 aromatic carbocycles. The summed E-state index contributed by atoms with van der Waals surface area (Å²) in [6, 6.07) is 1.97. The molecule has 1 aliphatic rings. The van der Waals surface area contributed by atoms with Crippen molar-refractivity contribution in [3.05, 3.63) is 35.4 Å². The van der Waals surface area contributed by atoms with Crippen LogP contribution in [0.2, 0.25) is 0 Å². The molecule has 0 amide bonds. The Balaban J connectivity index is 1.68. The summed E-state index contributed by atoms with van der Waals surface area (Å²) in [6.07, 6.45) is 9.31. The van der Waals surface area contributed by atoms with Crippen molar-refractivity contribution in [2.45, 2.75) is 39.2 Å². The summed E-state index contributed by atoms with van der Waals surface area (Å²) in [7, 11) is 0. The van der Waals surface area contributed by atoms with E-state index in [0.29, 0.717) is 0 Å². The predicted molar refractivity (Wildman–Crippen MR) is 65.0 cm³/mol. The van der Waals surface area contributed by atoms with Crippen LogP contribution in [0.5, 0.6) is 0 Å². The zero-order valence-corrected chi connectivity index (χ0v) is 9.87. The number of nitrogens with one attached hydrogen (secondary N) is 1. The standard InChI is InChI=1S/C13H19N3/c1-11-15-9-7-13(16-11)10-14-8-6-12-4-2-3-5-12/h4,7,9,14H,2-3,5-6,8,10H2,1H3. The SMILES string of the molecule is Cc1nccc(CNCCC2=CCCC2)n1. The van der Waals surface area contributed by atoms with Crippen LogP contribution in [0.3, 0.4) is 0 Å². The Morgan fingerprint density at radius 1 is 1.44 bits per heavy atom. The van der Waals surface area contributed by atoms with Crippen molar-refractivity contribution < 1.29 is 0 Å². The van der Waals surface area contributed by atoms with Crippen LogP contribution in [-0.2, 0) is 6.54 Å². The minimum absolute atomic E-state index is 0.844. The van der Waals surface area contributed by atoms with E-state index in [1.807, 2.05) is 19.2 Å². The van der Waals surface area contributed by atoms with Gasteiger partial charge in [-0.25, -0.2) is 9.97 Å². The van der Waals surface area contributed by atoms with E-state index >= 15 is 0 Å². The van der Waals surface area contributed by atoms with Gasteiger partial charge in [-0.3, -0.25) is 0 Å². The molecular weight excluding hydrogens is 198 g/mol. The Morgan fingerprint density at radius 2 is 2.38 bits per heavy atom. The van der Waals surface area contributed by atoms with Crippen molar-refractivity contribution in [3.63, 3.8) is 0 Å². The molecule has 3 nitrogen and oxygen atoms in total. The average Bonchev–Trinajstić information content (AvgIpc) is 2.77. The zero-order chi connectivity index (χ0) is 11.2. The van der Waals surface area contributed by atoms with E-state index in [2.05, 4.69) is 21.4 Å². The highest BCUT2D eigenvalue weighted by molar-refractivity contribution is 5.07. The van der Waals surface area contributed by atoms with E-state index in [9.17, 15) is 0 Å². The van der Waals surface area contributed by atoms with E-state index < -0.39 is 0 Å². The Morgan fingerprint density at radius 3 is 3.12 bits per heavy atom. The smallest absolute Gasteiger partial charge is 0.125 e. The maximum absolute atomic E-state index is 4.35. The first-order chi connectivity index (χ1) is 7.84. The second-order valence-electron chi connectivity index (χ2n) is 4.28. The number of hydrogen-bond donors (Lipinski definition) is 1. The fourth-order valence-corrected chi connectivity index (χ4v) is 2.03.